The molecule has 1 aromatic heterocycles. The van der Waals surface area contributed by atoms with Crippen LogP contribution in [-0.4, -0.2) is 26.5 Å². The Morgan fingerprint density at radius 2 is 1.65 bits per heavy atom. The molecule has 0 aliphatic heterocycles. The normalized spacial score (nSPS) is 13.9. The number of nitrogens with zero attached hydrogens (tertiary/aromatic N) is 2. The Morgan fingerprint density at radius 1 is 0.971 bits per heavy atom. The largest absolute Gasteiger partial charge is 0.478 e. The highest BCUT2D eigenvalue weighted by atomic mass is 19.1. The standard InChI is InChI=1S/C27H24FN3O3/c28-21-12-5-17(6-13-21)16-29-26(32)19-9-7-18(8-10-19)25-30-23-15-20(27(33)34)11-14-24(23)31(25)22-3-1-2-4-22/h5-15,22H,1-4,16H2,(H,29,32)(H,33,34). The molecular formula is C27H24FN3O3. The van der Waals surface area contributed by atoms with E-state index in [1.54, 1.807) is 36.4 Å². The summed E-state index contributed by atoms with van der Waals surface area (Å²) < 4.78 is 15.3. The summed E-state index contributed by atoms with van der Waals surface area (Å²) in [6.45, 7) is 0.310. The highest BCUT2D eigenvalue weighted by Gasteiger charge is 2.24. The summed E-state index contributed by atoms with van der Waals surface area (Å²) in [5.74, 6) is -0.725. The molecule has 1 heterocycles. The Hall–Kier alpha value is -4.00. The number of halogens is 1. The minimum atomic E-state index is -0.977. The fraction of sp³-hybridized carbons (Fsp3) is 0.222. The van der Waals surface area contributed by atoms with E-state index in [1.807, 2.05) is 18.2 Å². The second-order valence-electron chi connectivity index (χ2n) is 8.64. The third-order valence-corrected chi connectivity index (χ3v) is 6.40. The van der Waals surface area contributed by atoms with Gasteiger partial charge in [-0.05, 0) is 60.9 Å². The number of imidazole rings is 1. The first kappa shape index (κ1) is 21.8. The van der Waals surface area contributed by atoms with Crippen molar-refractivity contribution < 1.29 is 19.1 Å². The fourth-order valence-corrected chi connectivity index (χ4v) is 4.62. The van der Waals surface area contributed by atoms with E-state index in [9.17, 15) is 19.1 Å². The summed E-state index contributed by atoms with van der Waals surface area (Å²) in [6, 6.07) is 18.7. The topological polar surface area (TPSA) is 84.2 Å². The van der Waals surface area contributed by atoms with E-state index in [0.717, 1.165) is 48.2 Å². The summed E-state index contributed by atoms with van der Waals surface area (Å²) in [5.41, 5.74) is 3.99. The Balaban J connectivity index is 1.42. The van der Waals surface area contributed by atoms with Crippen LogP contribution in [0, 0.1) is 5.82 Å². The smallest absolute Gasteiger partial charge is 0.335 e. The van der Waals surface area contributed by atoms with E-state index in [1.165, 1.54) is 12.1 Å². The van der Waals surface area contributed by atoms with Crippen LogP contribution in [0.25, 0.3) is 22.4 Å². The highest BCUT2D eigenvalue weighted by Crippen LogP contribution is 2.37. The van der Waals surface area contributed by atoms with Gasteiger partial charge in [-0.25, -0.2) is 14.2 Å². The molecule has 2 N–H and O–H groups in total. The molecule has 0 bridgehead atoms. The molecular weight excluding hydrogens is 433 g/mol. The number of carboxylic acids is 1. The number of carbonyl (C=O) groups excluding carboxylic acids is 1. The Bertz CT molecular complexity index is 1350. The molecule has 5 rings (SSSR count). The monoisotopic (exact) mass is 457 g/mol. The summed E-state index contributed by atoms with van der Waals surface area (Å²) in [6.07, 6.45) is 4.43. The third-order valence-electron chi connectivity index (χ3n) is 6.40. The number of fused-ring (bicyclic) bond motifs is 1. The molecule has 172 valence electrons. The first-order valence-corrected chi connectivity index (χ1v) is 11.4. The van der Waals surface area contributed by atoms with Gasteiger partial charge in [-0.1, -0.05) is 37.1 Å². The summed E-state index contributed by atoms with van der Waals surface area (Å²) in [5, 5.41) is 12.2. The first-order valence-electron chi connectivity index (χ1n) is 11.4. The van der Waals surface area contributed by atoms with Gasteiger partial charge in [-0.15, -0.1) is 0 Å². The lowest BCUT2D eigenvalue weighted by molar-refractivity contribution is 0.0696. The average molecular weight is 458 g/mol. The molecule has 0 unspecified atom stereocenters. The summed E-state index contributed by atoms with van der Waals surface area (Å²) >= 11 is 0. The number of carbonyl (C=O) groups is 2. The lowest BCUT2D eigenvalue weighted by Gasteiger charge is -2.16. The zero-order chi connectivity index (χ0) is 23.7. The van der Waals surface area contributed by atoms with Gasteiger partial charge >= 0.3 is 5.97 Å². The number of aromatic carboxylic acids is 1. The molecule has 1 aliphatic carbocycles. The molecule has 3 aromatic carbocycles. The molecule has 4 aromatic rings. The maximum Gasteiger partial charge on any atom is 0.335 e. The maximum absolute atomic E-state index is 13.1. The van der Waals surface area contributed by atoms with Crippen LogP contribution in [0.1, 0.15) is 58.0 Å². The van der Waals surface area contributed by atoms with Gasteiger partial charge in [0, 0.05) is 23.7 Å². The predicted octanol–water partition coefficient (Wildman–Crippen LogP) is 5.59. The quantitative estimate of drug-likeness (QED) is 0.396. The van der Waals surface area contributed by atoms with Crippen molar-refractivity contribution in [2.75, 3.05) is 0 Å². The van der Waals surface area contributed by atoms with Gasteiger partial charge in [0.05, 0.1) is 16.6 Å². The van der Waals surface area contributed by atoms with Gasteiger partial charge in [-0.2, -0.15) is 0 Å². The Labute approximate surface area is 196 Å². The summed E-state index contributed by atoms with van der Waals surface area (Å²) in [4.78, 5) is 28.8. The van der Waals surface area contributed by atoms with E-state index in [2.05, 4.69) is 9.88 Å². The molecule has 34 heavy (non-hydrogen) atoms. The number of carboxylic acid groups (broad SMARTS) is 1. The summed E-state index contributed by atoms with van der Waals surface area (Å²) in [7, 11) is 0. The van der Waals surface area contributed by atoms with Crippen LogP contribution in [0.2, 0.25) is 0 Å². The first-order chi connectivity index (χ1) is 16.5. The lowest BCUT2D eigenvalue weighted by atomic mass is 10.1. The van der Waals surface area contributed by atoms with E-state index in [-0.39, 0.29) is 17.3 Å². The van der Waals surface area contributed by atoms with E-state index in [4.69, 9.17) is 4.98 Å². The van der Waals surface area contributed by atoms with Crippen molar-refractivity contribution in [1.82, 2.24) is 14.9 Å². The molecule has 0 saturated heterocycles. The SMILES string of the molecule is O=C(O)c1ccc2c(c1)nc(-c1ccc(C(=O)NCc3ccc(F)cc3)cc1)n2C1CCCC1. The highest BCUT2D eigenvalue weighted by molar-refractivity contribution is 5.95. The second-order valence-corrected chi connectivity index (χ2v) is 8.64. The van der Waals surface area contributed by atoms with Gasteiger partial charge in [0.2, 0.25) is 0 Å². The van der Waals surface area contributed by atoms with Gasteiger partial charge < -0.3 is 15.0 Å². The molecule has 0 atom stereocenters. The Morgan fingerprint density at radius 3 is 2.32 bits per heavy atom. The van der Waals surface area contributed by atoms with Crippen molar-refractivity contribution in [1.29, 1.82) is 0 Å². The number of nitrogens with one attached hydrogen (secondary N) is 1. The fourth-order valence-electron chi connectivity index (χ4n) is 4.62. The van der Waals surface area contributed by atoms with Crippen molar-refractivity contribution in [2.24, 2.45) is 0 Å². The molecule has 0 spiro atoms. The molecule has 1 saturated carbocycles. The molecule has 6 nitrogen and oxygen atoms in total. The average Bonchev–Trinajstić information content (AvgIpc) is 3.51. The van der Waals surface area contributed by atoms with E-state index >= 15 is 0 Å². The van der Waals surface area contributed by atoms with Crippen LogP contribution in [0.5, 0.6) is 0 Å². The lowest BCUT2D eigenvalue weighted by Crippen LogP contribution is -2.22. The van der Waals surface area contributed by atoms with Gasteiger partial charge in [-0.3, -0.25) is 4.79 Å². The van der Waals surface area contributed by atoms with Gasteiger partial charge in [0.15, 0.2) is 0 Å². The van der Waals surface area contributed by atoms with Crippen LogP contribution < -0.4 is 5.32 Å². The zero-order valence-corrected chi connectivity index (χ0v) is 18.5. The van der Waals surface area contributed by atoms with Crippen molar-refractivity contribution in [2.45, 2.75) is 38.3 Å². The van der Waals surface area contributed by atoms with Crippen LogP contribution in [0.15, 0.2) is 66.7 Å². The number of hydrogen-bond acceptors (Lipinski definition) is 3. The van der Waals surface area contributed by atoms with Gasteiger partial charge in [0.25, 0.3) is 5.91 Å². The van der Waals surface area contributed by atoms with Crippen LogP contribution in [0.3, 0.4) is 0 Å². The van der Waals surface area contributed by atoms with E-state index in [0.29, 0.717) is 23.7 Å². The van der Waals surface area contributed by atoms with Crippen molar-refractivity contribution in [3.63, 3.8) is 0 Å². The number of amides is 1. The molecule has 1 aliphatic rings. The number of benzene rings is 3. The number of aromatic nitrogens is 2. The van der Waals surface area contributed by atoms with Crippen molar-refractivity contribution >= 4 is 22.9 Å². The maximum atomic E-state index is 13.1. The van der Waals surface area contributed by atoms with Crippen LogP contribution >= 0.6 is 0 Å². The minimum Gasteiger partial charge on any atom is -0.478 e. The molecule has 1 fully saturated rings. The van der Waals surface area contributed by atoms with Crippen LogP contribution in [0.4, 0.5) is 4.39 Å². The minimum absolute atomic E-state index is 0.211. The van der Waals surface area contributed by atoms with Crippen molar-refractivity contribution in [3.8, 4) is 11.4 Å². The molecule has 1 amide bonds. The molecule has 0 radical (unpaired) electrons. The van der Waals surface area contributed by atoms with E-state index < -0.39 is 5.97 Å². The molecule has 7 heteroatoms. The van der Waals surface area contributed by atoms with Crippen LogP contribution in [-0.2, 0) is 6.54 Å². The third kappa shape index (κ3) is 4.29. The number of rotatable bonds is 6. The zero-order valence-electron chi connectivity index (χ0n) is 18.5. The number of hydrogen-bond donors (Lipinski definition) is 2. The van der Waals surface area contributed by atoms with Crippen molar-refractivity contribution in [3.05, 3.63) is 89.2 Å². The Kier molecular flexibility index (Phi) is 5.84. The van der Waals surface area contributed by atoms with Gasteiger partial charge in [0.1, 0.15) is 11.6 Å². The predicted molar refractivity (Wildman–Crippen MR) is 127 cm³/mol. The second kappa shape index (κ2) is 9.09.